The molecule has 0 radical (unpaired) electrons. The highest BCUT2D eigenvalue weighted by Gasteiger charge is 2.19. The third-order valence-electron chi connectivity index (χ3n) is 2.91. The van der Waals surface area contributed by atoms with Gasteiger partial charge in [0.2, 0.25) is 0 Å². The summed E-state index contributed by atoms with van der Waals surface area (Å²) in [6.45, 7) is 5.66. The van der Waals surface area contributed by atoms with Crippen LogP contribution in [0.2, 0.25) is 0 Å². The predicted octanol–water partition coefficient (Wildman–Crippen LogP) is 2.87. The Labute approximate surface area is 99.0 Å². The van der Waals surface area contributed by atoms with Crippen molar-refractivity contribution < 1.29 is 4.74 Å². The minimum Gasteiger partial charge on any atom is -0.496 e. The van der Waals surface area contributed by atoms with Crippen LogP contribution in [0.15, 0.2) is 24.3 Å². The molecule has 1 aromatic carbocycles. The molecule has 0 saturated heterocycles. The zero-order chi connectivity index (χ0) is 12.0. The Morgan fingerprint density at radius 2 is 1.94 bits per heavy atom. The van der Waals surface area contributed by atoms with E-state index in [1.165, 1.54) is 12.0 Å². The van der Waals surface area contributed by atoms with Crippen molar-refractivity contribution in [1.29, 1.82) is 0 Å². The molecule has 2 heteroatoms. The van der Waals surface area contributed by atoms with E-state index in [-0.39, 0.29) is 0 Å². The maximum absolute atomic E-state index is 5.38. The Morgan fingerprint density at radius 1 is 1.25 bits per heavy atom. The third-order valence-corrected chi connectivity index (χ3v) is 2.91. The highest BCUT2D eigenvalue weighted by atomic mass is 16.5. The lowest BCUT2D eigenvalue weighted by Crippen LogP contribution is -2.22. The Morgan fingerprint density at radius 3 is 2.56 bits per heavy atom. The molecule has 0 spiro atoms. The SMILES string of the molecule is CNCCC(C)(C)Cc1ccccc1OC. The Hall–Kier alpha value is -1.02. The van der Waals surface area contributed by atoms with Crippen molar-refractivity contribution in [2.24, 2.45) is 5.41 Å². The first-order valence-corrected chi connectivity index (χ1v) is 5.85. The zero-order valence-corrected chi connectivity index (χ0v) is 10.8. The zero-order valence-electron chi connectivity index (χ0n) is 10.8. The summed E-state index contributed by atoms with van der Waals surface area (Å²) >= 11 is 0. The van der Waals surface area contributed by atoms with Gasteiger partial charge in [0.05, 0.1) is 7.11 Å². The van der Waals surface area contributed by atoms with Gasteiger partial charge in [-0.05, 0) is 43.5 Å². The van der Waals surface area contributed by atoms with Crippen molar-refractivity contribution in [3.8, 4) is 5.75 Å². The lowest BCUT2D eigenvalue weighted by Gasteiger charge is -2.25. The maximum atomic E-state index is 5.38. The van der Waals surface area contributed by atoms with Gasteiger partial charge in [0.1, 0.15) is 5.75 Å². The van der Waals surface area contributed by atoms with Crippen LogP contribution >= 0.6 is 0 Å². The quantitative estimate of drug-likeness (QED) is 0.797. The van der Waals surface area contributed by atoms with Gasteiger partial charge in [-0.2, -0.15) is 0 Å². The van der Waals surface area contributed by atoms with Gasteiger partial charge in [-0.15, -0.1) is 0 Å². The van der Waals surface area contributed by atoms with Crippen LogP contribution in [0.5, 0.6) is 5.75 Å². The normalized spacial score (nSPS) is 11.5. The summed E-state index contributed by atoms with van der Waals surface area (Å²) in [6.07, 6.45) is 2.22. The molecule has 90 valence electrons. The molecule has 0 heterocycles. The van der Waals surface area contributed by atoms with Crippen molar-refractivity contribution in [3.05, 3.63) is 29.8 Å². The standard InChI is InChI=1S/C14H23NO/c1-14(2,9-10-15-3)11-12-7-5-6-8-13(12)16-4/h5-8,15H,9-11H2,1-4H3. The molecule has 2 nitrogen and oxygen atoms in total. The fraction of sp³-hybridized carbons (Fsp3) is 0.571. The summed E-state index contributed by atoms with van der Waals surface area (Å²) in [6, 6.07) is 8.28. The lowest BCUT2D eigenvalue weighted by molar-refractivity contribution is 0.321. The minimum absolute atomic E-state index is 0.303. The Kier molecular flexibility index (Phi) is 4.81. The molecule has 0 aliphatic heterocycles. The van der Waals surface area contributed by atoms with E-state index in [0.717, 1.165) is 18.7 Å². The second-order valence-corrected chi connectivity index (χ2v) is 5.01. The van der Waals surface area contributed by atoms with Crippen LogP contribution in [0.1, 0.15) is 25.8 Å². The molecular formula is C14H23NO. The Balaban J connectivity index is 2.71. The number of hydrogen-bond acceptors (Lipinski definition) is 2. The first kappa shape index (κ1) is 13.0. The fourth-order valence-corrected chi connectivity index (χ4v) is 1.92. The number of rotatable bonds is 6. The highest BCUT2D eigenvalue weighted by Crippen LogP contribution is 2.29. The fourth-order valence-electron chi connectivity index (χ4n) is 1.92. The van der Waals surface area contributed by atoms with Crippen molar-refractivity contribution in [1.82, 2.24) is 5.32 Å². The van der Waals surface area contributed by atoms with E-state index in [0.29, 0.717) is 5.41 Å². The van der Waals surface area contributed by atoms with Gasteiger partial charge in [0.15, 0.2) is 0 Å². The average molecular weight is 221 g/mol. The highest BCUT2D eigenvalue weighted by molar-refractivity contribution is 5.33. The average Bonchev–Trinajstić information content (AvgIpc) is 2.27. The van der Waals surface area contributed by atoms with Gasteiger partial charge in [-0.25, -0.2) is 0 Å². The summed E-state index contributed by atoms with van der Waals surface area (Å²) in [5.74, 6) is 1.00. The summed E-state index contributed by atoms with van der Waals surface area (Å²) in [5.41, 5.74) is 1.60. The van der Waals surface area contributed by atoms with Crippen LogP contribution in [0.3, 0.4) is 0 Å². The van der Waals surface area contributed by atoms with Crippen LogP contribution in [-0.4, -0.2) is 20.7 Å². The predicted molar refractivity (Wildman–Crippen MR) is 69.0 cm³/mol. The monoisotopic (exact) mass is 221 g/mol. The molecule has 0 atom stereocenters. The van der Waals surface area contributed by atoms with E-state index in [2.05, 4.69) is 31.3 Å². The van der Waals surface area contributed by atoms with Crippen LogP contribution in [0.4, 0.5) is 0 Å². The second kappa shape index (κ2) is 5.90. The molecule has 16 heavy (non-hydrogen) atoms. The summed E-state index contributed by atoms with van der Waals surface area (Å²) in [4.78, 5) is 0. The molecule has 0 aliphatic carbocycles. The van der Waals surface area contributed by atoms with Crippen molar-refractivity contribution in [3.63, 3.8) is 0 Å². The molecule has 1 rings (SSSR count). The van der Waals surface area contributed by atoms with Gasteiger partial charge >= 0.3 is 0 Å². The van der Waals surface area contributed by atoms with Gasteiger partial charge in [-0.1, -0.05) is 32.0 Å². The summed E-state index contributed by atoms with van der Waals surface area (Å²) in [5, 5.41) is 3.21. The first-order valence-electron chi connectivity index (χ1n) is 5.85. The van der Waals surface area contributed by atoms with Gasteiger partial charge in [0, 0.05) is 0 Å². The number of benzene rings is 1. The number of nitrogens with one attached hydrogen (secondary N) is 1. The van der Waals surface area contributed by atoms with Gasteiger partial charge < -0.3 is 10.1 Å². The maximum Gasteiger partial charge on any atom is 0.122 e. The molecule has 0 fully saturated rings. The van der Waals surface area contributed by atoms with Crippen molar-refractivity contribution >= 4 is 0 Å². The number of ether oxygens (including phenoxy) is 1. The minimum atomic E-state index is 0.303. The topological polar surface area (TPSA) is 21.3 Å². The molecular weight excluding hydrogens is 198 g/mol. The van der Waals surface area contributed by atoms with Crippen LogP contribution in [-0.2, 0) is 6.42 Å². The first-order chi connectivity index (χ1) is 7.59. The number of hydrogen-bond donors (Lipinski definition) is 1. The largest absolute Gasteiger partial charge is 0.496 e. The van der Waals surface area contributed by atoms with E-state index in [4.69, 9.17) is 4.74 Å². The smallest absolute Gasteiger partial charge is 0.122 e. The molecule has 0 bridgehead atoms. The van der Waals surface area contributed by atoms with Gasteiger partial charge in [-0.3, -0.25) is 0 Å². The molecule has 0 amide bonds. The van der Waals surface area contributed by atoms with Crippen LogP contribution in [0.25, 0.3) is 0 Å². The van der Waals surface area contributed by atoms with E-state index in [9.17, 15) is 0 Å². The molecule has 0 unspecified atom stereocenters. The van der Waals surface area contributed by atoms with E-state index >= 15 is 0 Å². The molecule has 1 aromatic rings. The number of methoxy groups -OCH3 is 1. The lowest BCUT2D eigenvalue weighted by atomic mass is 9.82. The van der Waals surface area contributed by atoms with Gasteiger partial charge in [0.25, 0.3) is 0 Å². The third kappa shape index (κ3) is 3.86. The van der Waals surface area contributed by atoms with Crippen molar-refractivity contribution in [2.45, 2.75) is 26.7 Å². The van der Waals surface area contributed by atoms with Crippen LogP contribution in [0, 0.1) is 5.41 Å². The molecule has 0 aromatic heterocycles. The van der Waals surface area contributed by atoms with E-state index < -0.39 is 0 Å². The van der Waals surface area contributed by atoms with E-state index in [1.54, 1.807) is 7.11 Å². The van der Waals surface area contributed by atoms with Crippen molar-refractivity contribution in [2.75, 3.05) is 20.7 Å². The molecule has 0 saturated carbocycles. The second-order valence-electron chi connectivity index (χ2n) is 5.01. The Bertz CT molecular complexity index is 320. The summed E-state index contributed by atoms with van der Waals surface area (Å²) in [7, 11) is 3.73. The van der Waals surface area contributed by atoms with E-state index in [1.807, 2.05) is 19.2 Å². The molecule has 0 aliphatic rings. The summed E-state index contributed by atoms with van der Waals surface area (Å²) < 4.78 is 5.38. The van der Waals surface area contributed by atoms with Crippen LogP contribution < -0.4 is 10.1 Å². The number of para-hydroxylation sites is 1. The molecule has 1 N–H and O–H groups in total.